The molecule has 1 spiro atoms. The third kappa shape index (κ3) is 8.62. The fourth-order valence-corrected chi connectivity index (χ4v) is 6.96. The van der Waals surface area contributed by atoms with Crippen LogP contribution < -0.4 is 0 Å². The van der Waals surface area contributed by atoms with Gasteiger partial charge in [0, 0.05) is 51.4 Å². The van der Waals surface area contributed by atoms with E-state index in [2.05, 4.69) is 54.6 Å². The lowest BCUT2D eigenvalue weighted by atomic mass is 9.78. The van der Waals surface area contributed by atoms with Crippen LogP contribution in [-0.2, 0) is 32.8 Å². The van der Waals surface area contributed by atoms with Crippen molar-refractivity contribution in [1.29, 1.82) is 0 Å². The van der Waals surface area contributed by atoms with E-state index in [9.17, 15) is 4.79 Å². The van der Waals surface area contributed by atoms with E-state index in [1.165, 1.54) is 0 Å². The number of hydrogen-bond acceptors (Lipinski definition) is 8. The second-order valence-corrected chi connectivity index (χ2v) is 18.3. The summed E-state index contributed by atoms with van der Waals surface area (Å²) in [7, 11) is 1.52. The molecule has 1 aromatic rings. The van der Waals surface area contributed by atoms with Gasteiger partial charge in [0.05, 0.1) is 30.0 Å². The van der Waals surface area contributed by atoms with Gasteiger partial charge in [-0.3, -0.25) is 0 Å². The van der Waals surface area contributed by atoms with Crippen LogP contribution in [0.4, 0.5) is 0 Å². The van der Waals surface area contributed by atoms with E-state index in [4.69, 9.17) is 32.8 Å². The van der Waals surface area contributed by atoms with Gasteiger partial charge in [0.1, 0.15) is 13.4 Å². The summed E-state index contributed by atoms with van der Waals surface area (Å²) in [6.07, 6.45) is 1.42. The molecule has 234 valence electrons. The molecule has 0 unspecified atom stereocenters. The highest BCUT2D eigenvalue weighted by Gasteiger charge is 2.53. The molecule has 8 atom stereocenters. The zero-order chi connectivity index (χ0) is 30.4. The first-order valence-electron chi connectivity index (χ1n) is 15.1. The van der Waals surface area contributed by atoms with Gasteiger partial charge >= 0.3 is 5.97 Å². The largest absolute Gasteiger partial charge is 0.459 e. The molecule has 0 saturated carbocycles. The maximum absolute atomic E-state index is 12.5. The standard InChI is InChI=1S/C32H54O8Si/c1-22(19-38-41(9,10)31(4,5)6)28(35-8)24(3)29-23(2)27(37-21-34-7)18-32(40-29)17-16-26(39-32)20-36-30(33)25-14-12-11-13-15-25/h11-15,22-24,26-29H,16-21H2,1-10H3/t22-,23-,24+,26-,27+,28+,29+,32-/m1/s1. The van der Waals surface area contributed by atoms with E-state index < -0.39 is 14.1 Å². The Labute approximate surface area is 248 Å². The fourth-order valence-electron chi connectivity index (χ4n) is 5.85. The molecular weight excluding hydrogens is 540 g/mol. The molecule has 8 nitrogen and oxygen atoms in total. The number of methoxy groups -OCH3 is 2. The van der Waals surface area contributed by atoms with Gasteiger partial charge in [-0.1, -0.05) is 59.7 Å². The molecule has 0 aliphatic carbocycles. The van der Waals surface area contributed by atoms with Crippen molar-refractivity contribution in [3.05, 3.63) is 35.9 Å². The number of benzene rings is 1. The van der Waals surface area contributed by atoms with Crippen molar-refractivity contribution in [2.75, 3.05) is 34.2 Å². The first kappa shape index (κ1) is 34.2. The average molecular weight is 595 g/mol. The third-order valence-electron chi connectivity index (χ3n) is 9.39. The summed E-state index contributed by atoms with van der Waals surface area (Å²) in [6.45, 7) is 18.9. The Morgan fingerprint density at radius 2 is 1.80 bits per heavy atom. The van der Waals surface area contributed by atoms with E-state index in [0.29, 0.717) is 25.0 Å². The van der Waals surface area contributed by atoms with E-state index in [0.717, 1.165) is 6.42 Å². The molecule has 1 aromatic carbocycles. The second-order valence-electron chi connectivity index (χ2n) is 13.5. The molecule has 41 heavy (non-hydrogen) atoms. The minimum atomic E-state index is -1.89. The summed E-state index contributed by atoms with van der Waals surface area (Å²) in [5.74, 6) is -0.844. The van der Waals surface area contributed by atoms with Crippen molar-refractivity contribution < 1.29 is 37.6 Å². The maximum Gasteiger partial charge on any atom is 0.338 e. The molecule has 0 N–H and O–H groups in total. The average Bonchev–Trinajstić information content (AvgIpc) is 3.33. The normalized spacial score (nSPS) is 29.3. The number of hydrogen-bond donors (Lipinski definition) is 0. The molecule has 2 saturated heterocycles. The zero-order valence-electron chi connectivity index (χ0n) is 26.9. The first-order valence-corrected chi connectivity index (χ1v) is 18.0. The van der Waals surface area contributed by atoms with Gasteiger partial charge in [0.15, 0.2) is 14.1 Å². The number of carbonyl (C=O) groups excluding carboxylic acids is 1. The summed E-state index contributed by atoms with van der Waals surface area (Å²) in [5.41, 5.74) is 0.530. The monoisotopic (exact) mass is 594 g/mol. The Bertz CT molecular complexity index is 951. The predicted octanol–water partition coefficient (Wildman–Crippen LogP) is 6.44. The molecule has 0 radical (unpaired) electrons. The maximum atomic E-state index is 12.5. The summed E-state index contributed by atoms with van der Waals surface area (Å²) >= 11 is 0. The van der Waals surface area contributed by atoms with Crippen LogP contribution in [0.2, 0.25) is 18.1 Å². The van der Waals surface area contributed by atoms with Crippen molar-refractivity contribution in [1.82, 2.24) is 0 Å². The first-order chi connectivity index (χ1) is 19.2. The van der Waals surface area contributed by atoms with Crippen LogP contribution in [0.1, 0.15) is 71.2 Å². The van der Waals surface area contributed by atoms with E-state index in [1.807, 2.05) is 18.2 Å². The molecule has 3 rings (SSSR count). The van der Waals surface area contributed by atoms with Crippen molar-refractivity contribution >= 4 is 14.3 Å². The van der Waals surface area contributed by atoms with Crippen LogP contribution >= 0.6 is 0 Å². The zero-order valence-corrected chi connectivity index (χ0v) is 27.9. The number of rotatable bonds is 13. The van der Waals surface area contributed by atoms with Crippen molar-refractivity contribution in [2.24, 2.45) is 17.8 Å². The van der Waals surface area contributed by atoms with E-state index in [1.54, 1.807) is 26.4 Å². The molecule has 2 aliphatic heterocycles. The minimum absolute atomic E-state index is 0.0531. The van der Waals surface area contributed by atoms with E-state index >= 15 is 0 Å². The second kappa shape index (κ2) is 14.4. The Hall–Kier alpha value is -1.33. The number of carbonyl (C=O) groups is 1. The summed E-state index contributed by atoms with van der Waals surface area (Å²) in [4.78, 5) is 12.5. The van der Waals surface area contributed by atoms with Gasteiger partial charge in [-0.2, -0.15) is 0 Å². The fraction of sp³-hybridized carbons (Fsp3) is 0.781. The number of ether oxygens (including phenoxy) is 6. The molecule has 2 heterocycles. The van der Waals surface area contributed by atoms with Gasteiger partial charge in [-0.25, -0.2) is 4.79 Å². The van der Waals surface area contributed by atoms with Gasteiger partial charge in [0.2, 0.25) is 0 Å². The minimum Gasteiger partial charge on any atom is -0.459 e. The Kier molecular flexibility index (Phi) is 12.0. The smallest absolute Gasteiger partial charge is 0.338 e. The van der Waals surface area contributed by atoms with Crippen LogP contribution in [0, 0.1) is 17.8 Å². The summed E-state index contributed by atoms with van der Waals surface area (Å²) in [6, 6.07) is 9.02. The third-order valence-corrected chi connectivity index (χ3v) is 13.9. The Morgan fingerprint density at radius 1 is 1.12 bits per heavy atom. The molecule has 0 aromatic heterocycles. The summed E-state index contributed by atoms with van der Waals surface area (Å²) < 4.78 is 43.1. The van der Waals surface area contributed by atoms with Crippen LogP contribution in [0.15, 0.2) is 30.3 Å². The van der Waals surface area contributed by atoms with Gasteiger partial charge in [-0.05, 0) is 36.7 Å². The van der Waals surface area contributed by atoms with Crippen LogP contribution in [-0.4, -0.2) is 78.7 Å². The van der Waals surface area contributed by atoms with E-state index in [-0.39, 0.29) is 66.6 Å². The highest BCUT2D eigenvalue weighted by molar-refractivity contribution is 6.74. The van der Waals surface area contributed by atoms with Crippen LogP contribution in [0.25, 0.3) is 0 Å². The lowest BCUT2D eigenvalue weighted by Crippen LogP contribution is -2.56. The molecule has 0 bridgehead atoms. The number of esters is 1. The SMILES string of the molecule is COCO[C@H]1C[C@@]2(CC[C@H](COC(=O)c3ccccc3)O2)O[C@H]([C@@H](C)[C@@H](OC)[C@H](C)CO[Si](C)(C)C(C)(C)C)[C@@H]1C. The van der Waals surface area contributed by atoms with Crippen LogP contribution in [0.3, 0.4) is 0 Å². The van der Waals surface area contributed by atoms with Crippen molar-refractivity contribution in [3.63, 3.8) is 0 Å². The predicted molar refractivity (Wildman–Crippen MR) is 161 cm³/mol. The lowest BCUT2D eigenvalue weighted by Gasteiger charge is -2.49. The van der Waals surface area contributed by atoms with Crippen molar-refractivity contribution in [3.8, 4) is 0 Å². The quantitative estimate of drug-likeness (QED) is 0.147. The molecular formula is C32H54O8Si. The molecule has 0 amide bonds. The Balaban J connectivity index is 1.70. The molecule has 9 heteroatoms. The Morgan fingerprint density at radius 3 is 2.41 bits per heavy atom. The highest BCUT2D eigenvalue weighted by atomic mass is 28.4. The summed E-state index contributed by atoms with van der Waals surface area (Å²) in [5, 5.41) is 0.145. The highest BCUT2D eigenvalue weighted by Crippen LogP contribution is 2.46. The molecule has 2 aliphatic rings. The topological polar surface area (TPSA) is 81.7 Å². The lowest BCUT2D eigenvalue weighted by molar-refractivity contribution is -0.322. The van der Waals surface area contributed by atoms with Gasteiger partial charge in [0.25, 0.3) is 0 Å². The van der Waals surface area contributed by atoms with Crippen LogP contribution in [0.5, 0.6) is 0 Å². The van der Waals surface area contributed by atoms with Crippen molar-refractivity contribution in [2.45, 2.75) is 109 Å². The molecule has 2 fully saturated rings. The van der Waals surface area contributed by atoms with Gasteiger partial charge < -0.3 is 32.8 Å². The van der Waals surface area contributed by atoms with Gasteiger partial charge in [-0.15, -0.1) is 0 Å².